The van der Waals surface area contributed by atoms with Gasteiger partial charge in [0, 0.05) is 12.8 Å². The Hall–Kier alpha value is -1.51. The maximum absolute atomic E-state index is 12.7. The topological polar surface area (TPSA) is 111 Å². The highest BCUT2D eigenvalue weighted by molar-refractivity contribution is 7.45. The van der Waals surface area contributed by atoms with Crippen molar-refractivity contribution in [3.8, 4) is 0 Å². The molecule has 0 aliphatic carbocycles. The lowest BCUT2D eigenvalue weighted by molar-refractivity contribution is -0.870. The lowest BCUT2D eigenvalue weighted by Crippen LogP contribution is -2.37. The van der Waals surface area contributed by atoms with Gasteiger partial charge in [-0.05, 0) is 44.9 Å². The van der Waals surface area contributed by atoms with Crippen molar-refractivity contribution < 1.29 is 42.1 Å². The molecule has 0 bridgehead atoms. The summed E-state index contributed by atoms with van der Waals surface area (Å²) in [5.74, 6) is -0.863. The number of rotatable bonds is 43. The fourth-order valence-corrected chi connectivity index (χ4v) is 7.24. The van der Waals surface area contributed by atoms with Crippen molar-refractivity contribution in [2.24, 2.45) is 0 Å². The quantitative estimate of drug-likeness (QED) is 0.0196. The van der Waals surface area contributed by atoms with E-state index in [4.69, 9.17) is 18.5 Å². The smallest absolute Gasteiger partial charge is 0.306 e. The van der Waals surface area contributed by atoms with Crippen molar-refractivity contribution in [3.05, 3.63) is 24.3 Å². The van der Waals surface area contributed by atoms with Gasteiger partial charge in [0.25, 0.3) is 7.82 Å². The van der Waals surface area contributed by atoms with Crippen molar-refractivity contribution in [1.29, 1.82) is 0 Å². The number of hydrogen-bond donors (Lipinski definition) is 0. The third-order valence-corrected chi connectivity index (χ3v) is 11.2. The minimum absolute atomic E-state index is 0.0335. The third-order valence-electron chi connectivity index (χ3n) is 10.2. The van der Waals surface area contributed by atoms with Crippen LogP contribution in [0.1, 0.15) is 213 Å². The van der Waals surface area contributed by atoms with E-state index >= 15 is 0 Å². The predicted molar refractivity (Wildman–Crippen MR) is 236 cm³/mol. The molecule has 0 radical (unpaired) electrons. The largest absolute Gasteiger partial charge is 0.756 e. The maximum Gasteiger partial charge on any atom is 0.306 e. The number of likely N-dealkylation sites (N-methyl/N-ethyl adjacent to an activating group) is 1. The summed E-state index contributed by atoms with van der Waals surface area (Å²) in [6.07, 6.45) is 43.5. The van der Waals surface area contributed by atoms with E-state index in [1.165, 1.54) is 135 Å². The van der Waals surface area contributed by atoms with E-state index in [0.29, 0.717) is 23.9 Å². The van der Waals surface area contributed by atoms with Crippen molar-refractivity contribution >= 4 is 19.8 Å². The molecule has 0 saturated heterocycles. The number of ether oxygens (including phenoxy) is 2. The van der Waals surface area contributed by atoms with Gasteiger partial charge in [0.2, 0.25) is 0 Å². The summed E-state index contributed by atoms with van der Waals surface area (Å²) >= 11 is 0. The molecule has 0 rings (SSSR count). The third kappa shape index (κ3) is 43.9. The fraction of sp³-hybridized carbons (Fsp3) is 0.872. The molecular weight excluding hydrogens is 737 g/mol. The number of quaternary nitrogens is 1. The molecule has 0 N–H and O–H groups in total. The number of carbonyl (C=O) groups is 2. The lowest BCUT2D eigenvalue weighted by atomic mass is 10.0. The molecule has 0 aliphatic heterocycles. The van der Waals surface area contributed by atoms with Crippen molar-refractivity contribution in [3.63, 3.8) is 0 Å². The molecule has 0 spiro atoms. The van der Waals surface area contributed by atoms with Crippen molar-refractivity contribution in [2.45, 2.75) is 219 Å². The number of unbranched alkanes of at least 4 members (excludes halogenated alkanes) is 25. The molecule has 0 aromatic carbocycles. The average molecular weight is 828 g/mol. The minimum atomic E-state index is -4.63. The van der Waals surface area contributed by atoms with Gasteiger partial charge in [-0.2, -0.15) is 0 Å². The van der Waals surface area contributed by atoms with Crippen molar-refractivity contribution in [1.82, 2.24) is 0 Å². The first-order valence-electron chi connectivity index (χ1n) is 23.5. The number of phosphoric ester groups is 1. The molecule has 0 amide bonds. The Morgan fingerprint density at radius 3 is 1.42 bits per heavy atom. The zero-order valence-corrected chi connectivity index (χ0v) is 38.7. The Labute approximate surface area is 351 Å². The lowest BCUT2D eigenvalue weighted by Gasteiger charge is -2.28. The van der Waals surface area contributed by atoms with Gasteiger partial charge >= 0.3 is 11.9 Å². The first-order chi connectivity index (χ1) is 27.5. The highest BCUT2D eigenvalue weighted by Gasteiger charge is 2.21. The van der Waals surface area contributed by atoms with Crippen LogP contribution in [0.15, 0.2) is 24.3 Å². The van der Waals surface area contributed by atoms with Gasteiger partial charge in [-0.15, -0.1) is 0 Å². The average Bonchev–Trinajstić information content (AvgIpc) is 3.16. The SMILES string of the molecule is CCCCCCCC/C=C/C/C=C/CCCCC(=O)OC[C@H](COP(=O)([O-])OCC[N+](C)(C)C)OC(=O)CCCCCCCCCCCCCCCCCCCC. The number of phosphoric acid groups is 1. The van der Waals surface area contributed by atoms with Crippen LogP contribution in [0.4, 0.5) is 0 Å². The van der Waals surface area contributed by atoms with Crippen LogP contribution in [-0.2, 0) is 32.7 Å². The van der Waals surface area contributed by atoms with Gasteiger partial charge < -0.3 is 27.9 Å². The molecule has 2 atom stereocenters. The van der Waals surface area contributed by atoms with Crippen LogP contribution in [-0.4, -0.2) is 70.0 Å². The highest BCUT2D eigenvalue weighted by atomic mass is 31.2. The van der Waals surface area contributed by atoms with Crippen LogP contribution in [0.5, 0.6) is 0 Å². The van der Waals surface area contributed by atoms with E-state index < -0.39 is 32.5 Å². The molecule has 0 aliphatic rings. The summed E-state index contributed by atoms with van der Waals surface area (Å²) in [5, 5.41) is 0. The Kier molecular flexibility index (Phi) is 38.9. The van der Waals surface area contributed by atoms with Crippen LogP contribution in [0, 0.1) is 0 Å². The molecule has 10 heteroatoms. The summed E-state index contributed by atoms with van der Waals surface area (Å²) in [5.41, 5.74) is 0. The van der Waals surface area contributed by atoms with E-state index in [1.54, 1.807) is 0 Å². The first-order valence-corrected chi connectivity index (χ1v) is 25.0. The standard InChI is InChI=1S/C47H90NO8P/c1-6-8-10-12-14-16-18-20-22-23-24-26-28-30-32-34-36-38-40-47(50)56-45(44-55-57(51,52)54-42-41-48(3,4)5)43-53-46(49)39-37-35-33-31-29-27-25-21-19-17-15-13-11-9-7-2/h21,25,29,31,45H,6-20,22-24,26-28,30,32-44H2,1-5H3/b25-21+,31-29+/t45-/m1/s1. The molecule has 0 fully saturated rings. The number of esters is 2. The van der Waals surface area contributed by atoms with E-state index in [2.05, 4.69) is 38.2 Å². The number of nitrogens with zero attached hydrogens (tertiary/aromatic N) is 1. The van der Waals surface area contributed by atoms with Crippen LogP contribution in [0.25, 0.3) is 0 Å². The Morgan fingerprint density at radius 1 is 0.544 bits per heavy atom. The van der Waals surface area contributed by atoms with Gasteiger partial charge in [-0.1, -0.05) is 179 Å². The zero-order chi connectivity index (χ0) is 42.1. The molecule has 0 saturated carbocycles. The first kappa shape index (κ1) is 55.5. The summed E-state index contributed by atoms with van der Waals surface area (Å²) in [7, 11) is 1.16. The van der Waals surface area contributed by atoms with Crippen LogP contribution in [0.2, 0.25) is 0 Å². The van der Waals surface area contributed by atoms with Crippen LogP contribution < -0.4 is 4.89 Å². The second-order valence-corrected chi connectivity index (χ2v) is 18.5. The molecule has 0 heterocycles. The molecular formula is C47H90NO8P. The summed E-state index contributed by atoms with van der Waals surface area (Å²) in [6.45, 7) is 4.21. The van der Waals surface area contributed by atoms with Crippen LogP contribution in [0.3, 0.4) is 0 Å². The van der Waals surface area contributed by atoms with Gasteiger partial charge in [-0.3, -0.25) is 14.2 Å². The molecule has 1 unspecified atom stereocenters. The number of carbonyl (C=O) groups excluding carboxylic acids is 2. The van der Waals surface area contributed by atoms with E-state index in [0.717, 1.165) is 38.5 Å². The highest BCUT2D eigenvalue weighted by Crippen LogP contribution is 2.38. The predicted octanol–water partition coefficient (Wildman–Crippen LogP) is 12.9. The summed E-state index contributed by atoms with van der Waals surface area (Å²) < 4.78 is 33.9. The maximum atomic E-state index is 12.7. The number of allylic oxidation sites excluding steroid dienone is 4. The molecule has 9 nitrogen and oxygen atoms in total. The molecule has 0 aromatic rings. The molecule has 336 valence electrons. The van der Waals surface area contributed by atoms with E-state index in [1.807, 2.05) is 21.1 Å². The van der Waals surface area contributed by atoms with Crippen molar-refractivity contribution in [2.75, 3.05) is 47.5 Å². The molecule has 0 aromatic heterocycles. The van der Waals surface area contributed by atoms with Gasteiger partial charge in [0.05, 0.1) is 27.7 Å². The Bertz CT molecular complexity index is 1030. The minimum Gasteiger partial charge on any atom is -0.756 e. The second-order valence-electron chi connectivity index (χ2n) is 17.1. The molecule has 57 heavy (non-hydrogen) atoms. The van der Waals surface area contributed by atoms with Gasteiger partial charge in [-0.25, -0.2) is 0 Å². The monoisotopic (exact) mass is 828 g/mol. The van der Waals surface area contributed by atoms with E-state index in [9.17, 15) is 19.0 Å². The van der Waals surface area contributed by atoms with Gasteiger partial charge in [0.1, 0.15) is 19.8 Å². The second kappa shape index (κ2) is 39.9. The summed E-state index contributed by atoms with van der Waals surface area (Å²) in [6, 6.07) is 0. The number of hydrogen-bond acceptors (Lipinski definition) is 8. The van der Waals surface area contributed by atoms with E-state index in [-0.39, 0.29) is 26.1 Å². The summed E-state index contributed by atoms with van der Waals surface area (Å²) in [4.78, 5) is 37.6. The normalized spacial score (nSPS) is 13.7. The Balaban J connectivity index is 4.33. The Morgan fingerprint density at radius 2 is 0.947 bits per heavy atom. The fourth-order valence-electron chi connectivity index (χ4n) is 6.51. The zero-order valence-electron chi connectivity index (χ0n) is 37.8. The van der Waals surface area contributed by atoms with Crippen LogP contribution >= 0.6 is 7.82 Å². The van der Waals surface area contributed by atoms with Gasteiger partial charge in [0.15, 0.2) is 6.10 Å².